The summed E-state index contributed by atoms with van der Waals surface area (Å²) in [4.78, 5) is 11.2. The zero-order valence-corrected chi connectivity index (χ0v) is 13.5. The summed E-state index contributed by atoms with van der Waals surface area (Å²) in [6.07, 6.45) is 8.71. The Morgan fingerprint density at radius 1 is 1.30 bits per heavy atom. The summed E-state index contributed by atoms with van der Waals surface area (Å²) in [5, 5.41) is 0.846. The second-order valence-corrected chi connectivity index (χ2v) is 6.45. The molecule has 0 aliphatic carbocycles. The number of nitrogens with zero attached hydrogens (tertiary/aromatic N) is 3. The molecule has 0 saturated carbocycles. The first-order valence-corrected chi connectivity index (χ1v) is 8.58. The van der Waals surface area contributed by atoms with Crippen LogP contribution < -0.4 is 0 Å². The van der Waals surface area contributed by atoms with Crippen LogP contribution in [0.4, 0.5) is 0 Å². The fraction of sp³-hybridized carbons (Fsp3) is 0.733. The number of rotatable bonds is 6. The molecule has 0 radical (unpaired) electrons. The summed E-state index contributed by atoms with van der Waals surface area (Å²) < 4.78 is 5.72. The van der Waals surface area contributed by atoms with E-state index in [4.69, 9.17) is 4.74 Å². The molecule has 1 aliphatic rings. The maximum absolute atomic E-state index is 5.72. The zero-order chi connectivity index (χ0) is 14.4. The lowest BCUT2D eigenvalue weighted by Gasteiger charge is -2.32. The quantitative estimate of drug-likeness (QED) is 0.596. The molecule has 2 heterocycles. The predicted molar refractivity (Wildman–Crippen MR) is 82.9 cm³/mol. The lowest BCUT2D eigenvalue weighted by molar-refractivity contribution is 0.0296. The van der Waals surface area contributed by atoms with Crippen molar-refractivity contribution in [3.05, 3.63) is 18.0 Å². The van der Waals surface area contributed by atoms with Crippen molar-refractivity contribution in [2.45, 2.75) is 44.5 Å². The van der Waals surface area contributed by atoms with E-state index in [2.05, 4.69) is 28.7 Å². The van der Waals surface area contributed by atoms with Gasteiger partial charge in [-0.3, -0.25) is 4.90 Å². The van der Waals surface area contributed by atoms with Gasteiger partial charge in [0.1, 0.15) is 0 Å². The minimum atomic E-state index is 0.347. The van der Waals surface area contributed by atoms with Gasteiger partial charge in [0.15, 0.2) is 5.16 Å². The Morgan fingerprint density at radius 2 is 1.95 bits per heavy atom. The standard InChI is InChI=1S/C15H25N3OS/c1-12(2)19-11-13-4-6-18(7-5-13)10-14-8-16-15(20-3)17-9-14/h8-9,12-13H,4-7,10-11H2,1-3H3. The highest BCUT2D eigenvalue weighted by Crippen LogP contribution is 2.19. The Hall–Kier alpha value is -0.650. The molecule has 1 aromatic rings. The first-order valence-electron chi connectivity index (χ1n) is 7.36. The summed E-state index contributed by atoms with van der Waals surface area (Å²) in [7, 11) is 0. The molecule has 4 nitrogen and oxygen atoms in total. The van der Waals surface area contributed by atoms with Gasteiger partial charge in [0.25, 0.3) is 0 Å². The number of hydrogen-bond donors (Lipinski definition) is 0. The van der Waals surface area contributed by atoms with E-state index in [0.717, 1.165) is 37.3 Å². The first-order chi connectivity index (χ1) is 9.67. The number of likely N-dealkylation sites (tertiary alicyclic amines) is 1. The minimum absolute atomic E-state index is 0.347. The average molecular weight is 295 g/mol. The van der Waals surface area contributed by atoms with E-state index in [1.165, 1.54) is 18.4 Å². The van der Waals surface area contributed by atoms with Crippen LogP contribution in [0.3, 0.4) is 0 Å². The summed E-state index contributed by atoms with van der Waals surface area (Å²) in [6.45, 7) is 8.39. The Morgan fingerprint density at radius 3 is 2.50 bits per heavy atom. The lowest BCUT2D eigenvalue weighted by Crippen LogP contribution is -2.35. The molecule has 0 aromatic carbocycles. The highest BCUT2D eigenvalue weighted by Gasteiger charge is 2.19. The lowest BCUT2D eigenvalue weighted by atomic mass is 9.97. The van der Waals surface area contributed by atoms with Crippen LogP contribution >= 0.6 is 11.8 Å². The highest BCUT2D eigenvalue weighted by atomic mass is 32.2. The van der Waals surface area contributed by atoms with Gasteiger partial charge in [-0.25, -0.2) is 9.97 Å². The molecule has 0 amide bonds. The average Bonchev–Trinajstić information content (AvgIpc) is 2.47. The molecule has 5 heteroatoms. The van der Waals surface area contributed by atoms with Crippen LogP contribution in [0.5, 0.6) is 0 Å². The molecule has 112 valence electrons. The molecular formula is C15H25N3OS. The molecule has 1 aromatic heterocycles. The van der Waals surface area contributed by atoms with E-state index in [1.54, 1.807) is 11.8 Å². The van der Waals surface area contributed by atoms with Crippen LogP contribution in [0, 0.1) is 5.92 Å². The van der Waals surface area contributed by atoms with Gasteiger partial charge in [-0.05, 0) is 52.0 Å². The van der Waals surface area contributed by atoms with Crippen LogP contribution in [-0.2, 0) is 11.3 Å². The van der Waals surface area contributed by atoms with E-state index in [-0.39, 0.29) is 0 Å². The van der Waals surface area contributed by atoms with Crippen molar-refractivity contribution in [2.75, 3.05) is 26.0 Å². The maximum atomic E-state index is 5.72. The largest absolute Gasteiger partial charge is 0.379 e. The van der Waals surface area contributed by atoms with Gasteiger partial charge in [0.2, 0.25) is 0 Å². The Balaban J connectivity index is 1.73. The van der Waals surface area contributed by atoms with Crippen molar-refractivity contribution in [2.24, 2.45) is 5.92 Å². The van der Waals surface area contributed by atoms with Crippen LogP contribution in [0.2, 0.25) is 0 Å². The monoisotopic (exact) mass is 295 g/mol. The summed E-state index contributed by atoms with van der Waals surface area (Å²) >= 11 is 1.58. The number of piperidine rings is 1. The number of hydrogen-bond acceptors (Lipinski definition) is 5. The molecular weight excluding hydrogens is 270 g/mol. The third-order valence-electron chi connectivity index (χ3n) is 3.64. The van der Waals surface area contributed by atoms with Crippen LogP contribution in [0.1, 0.15) is 32.3 Å². The first kappa shape index (κ1) is 15.7. The fourth-order valence-electron chi connectivity index (χ4n) is 2.43. The third kappa shape index (κ3) is 5.04. The molecule has 1 aliphatic heterocycles. The van der Waals surface area contributed by atoms with Crippen molar-refractivity contribution >= 4 is 11.8 Å². The summed E-state index contributed by atoms with van der Waals surface area (Å²) in [6, 6.07) is 0. The molecule has 0 spiro atoms. The van der Waals surface area contributed by atoms with Crippen LogP contribution in [0.25, 0.3) is 0 Å². The summed E-state index contributed by atoms with van der Waals surface area (Å²) in [5.41, 5.74) is 1.21. The fourth-order valence-corrected chi connectivity index (χ4v) is 2.74. The van der Waals surface area contributed by atoms with Gasteiger partial charge in [-0.15, -0.1) is 0 Å². The molecule has 2 rings (SSSR count). The van der Waals surface area contributed by atoms with E-state index in [1.807, 2.05) is 18.6 Å². The maximum Gasteiger partial charge on any atom is 0.187 e. The van der Waals surface area contributed by atoms with E-state index in [9.17, 15) is 0 Å². The SMILES string of the molecule is CSc1ncc(CN2CCC(COC(C)C)CC2)cn1. The number of aromatic nitrogens is 2. The van der Waals surface area contributed by atoms with E-state index in [0.29, 0.717) is 6.10 Å². The molecule has 0 unspecified atom stereocenters. The van der Waals surface area contributed by atoms with E-state index >= 15 is 0 Å². The predicted octanol–water partition coefficient (Wildman–Crippen LogP) is 2.84. The number of thioether (sulfide) groups is 1. The Kier molecular flexibility index (Phi) is 6.26. The van der Waals surface area contributed by atoms with Crippen molar-refractivity contribution in [3.8, 4) is 0 Å². The Labute approximate surface area is 126 Å². The molecule has 20 heavy (non-hydrogen) atoms. The second-order valence-electron chi connectivity index (χ2n) is 5.68. The smallest absolute Gasteiger partial charge is 0.187 e. The highest BCUT2D eigenvalue weighted by molar-refractivity contribution is 7.98. The van der Waals surface area contributed by atoms with Gasteiger partial charge in [0.05, 0.1) is 6.10 Å². The normalized spacial score (nSPS) is 17.8. The van der Waals surface area contributed by atoms with Crippen molar-refractivity contribution in [1.82, 2.24) is 14.9 Å². The molecule has 1 fully saturated rings. The molecule has 0 N–H and O–H groups in total. The molecule has 0 atom stereocenters. The van der Waals surface area contributed by atoms with E-state index < -0.39 is 0 Å². The molecule has 0 bridgehead atoms. The minimum Gasteiger partial charge on any atom is -0.379 e. The van der Waals surface area contributed by atoms with Gasteiger partial charge in [-0.2, -0.15) is 0 Å². The van der Waals surface area contributed by atoms with Crippen LogP contribution in [0.15, 0.2) is 17.6 Å². The number of ether oxygens (including phenoxy) is 1. The van der Waals surface area contributed by atoms with Crippen molar-refractivity contribution in [1.29, 1.82) is 0 Å². The van der Waals surface area contributed by atoms with Gasteiger partial charge in [-0.1, -0.05) is 11.8 Å². The second kappa shape index (κ2) is 7.96. The van der Waals surface area contributed by atoms with Crippen molar-refractivity contribution in [3.63, 3.8) is 0 Å². The zero-order valence-electron chi connectivity index (χ0n) is 12.7. The topological polar surface area (TPSA) is 38.2 Å². The Bertz CT molecular complexity index is 389. The molecule has 1 saturated heterocycles. The summed E-state index contributed by atoms with van der Waals surface area (Å²) in [5.74, 6) is 0.726. The van der Waals surface area contributed by atoms with Crippen LogP contribution in [-0.4, -0.2) is 46.9 Å². The van der Waals surface area contributed by atoms with Gasteiger partial charge < -0.3 is 4.74 Å². The van der Waals surface area contributed by atoms with Gasteiger partial charge in [0, 0.05) is 31.1 Å². The van der Waals surface area contributed by atoms with Crippen molar-refractivity contribution < 1.29 is 4.74 Å². The third-order valence-corrected chi connectivity index (χ3v) is 4.22. The van der Waals surface area contributed by atoms with Gasteiger partial charge >= 0.3 is 0 Å².